The van der Waals surface area contributed by atoms with E-state index in [9.17, 15) is 9.59 Å². The summed E-state index contributed by atoms with van der Waals surface area (Å²) in [5.74, 6) is 0. The van der Waals surface area contributed by atoms with Crippen molar-refractivity contribution < 1.29 is 9.90 Å². The summed E-state index contributed by atoms with van der Waals surface area (Å²) in [6, 6.07) is 11.3. The molecule has 28 heavy (non-hydrogen) atoms. The summed E-state index contributed by atoms with van der Waals surface area (Å²) in [5, 5.41) is 16.1. The minimum atomic E-state index is -1.08. The molecule has 3 N–H and O–H groups in total. The van der Waals surface area contributed by atoms with Crippen LogP contribution in [0.15, 0.2) is 41.2 Å². The Bertz CT molecular complexity index is 1040. The van der Waals surface area contributed by atoms with E-state index in [-0.39, 0.29) is 12.0 Å². The minimum Gasteiger partial charge on any atom is -0.465 e. The van der Waals surface area contributed by atoms with Crippen molar-refractivity contribution in [2.24, 2.45) is 0 Å². The smallest absolute Gasteiger partial charge is 0.404 e. The van der Waals surface area contributed by atoms with Gasteiger partial charge in [0, 0.05) is 40.1 Å². The van der Waals surface area contributed by atoms with Gasteiger partial charge in [0.2, 0.25) is 0 Å². The Kier molecular flexibility index (Phi) is 6.49. The third-order valence-electron chi connectivity index (χ3n) is 4.88. The van der Waals surface area contributed by atoms with Gasteiger partial charge in [-0.1, -0.05) is 32.0 Å². The molecule has 0 bridgehead atoms. The molecule has 0 aliphatic carbocycles. The van der Waals surface area contributed by atoms with E-state index in [1.54, 1.807) is 0 Å². The lowest BCUT2D eigenvalue weighted by Crippen LogP contribution is -2.28. The number of amides is 1. The van der Waals surface area contributed by atoms with Gasteiger partial charge in [0.1, 0.15) is 0 Å². The van der Waals surface area contributed by atoms with Gasteiger partial charge < -0.3 is 20.6 Å². The maximum atomic E-state index is 13.2. The number of fused-ring (bicyclic) bond motifs is 2. The average Bonchev–Trinajstić information content (AvgIpc) is 2.70. The first-order valence-electron chi connectivity index (χ1n) is 9.45. The Hall–Kier alpha value is -2.64. The zero-order valence-corrected chi connectivity index (χ0v) is 16.9. The van der Waals surface area contributed by atoms with Gasteiger partial charge in [-0.2, -0.15) is 0 Å². The SMILES string of the molecule is CCN(CC)CCNc1ccc(CNC(=O)O)c2sc3ccccc3c(=O)c12. The van der Waals surface area contributed by atoms with Crippen LogP contribution in [0.1, 0.15) is 19.4 Å². The molecule has 1 heterocycles. The summed E-state index contributed by atoms with van der Waals surface area (Å²) in [4.78, 5) is 26.5. The van der Waals surface area contributed by atoms with E-state index in [1.807, 2.05) is 36.4 Å². The Balaban J connectivity index is 2.06. The molecule has 0 saturated carbocycles. The molecular formula is C21H25N3O3S. The van der Waals surface area contributed by atoms with E-state index >= 15 is 0 Å². The molecule has 148 valence electrons. The summed E-state index contributed by atoms with van der Waals surface area (Å²) >= 11 is 1.52. The molecule has 0 aliphatic rings. The van der Waals surface area contributed by atoms with E-state index in [0.29, 0.717) is 10.8 Å². The molecule has 0 spiro atoms. The van der Waals surface area contributed by atoms with Crippen molar-refractivity contribution in [1.29, 1.82) is 0 Å². The molecule has 3 rings (SSSR count). The molecule has 0 atom stereocenters. The highest BCUT2D eigenvalue weighted by atomic mass is 32.1. The maximum absolute atomic E-state index is 13.2. The van der Waals surface area contributed by atoms with Crippen LogP contribution < -0.4 is 16.1 Å². The number of nitrogens with one attached hydrogen (secondary N) is 2. The molecule has 6 nitrogen and oxygen atoms in total. The number of hydrogen-bond donors (Lipinski definition) is 3. The fourth-order valence-corrected chi connectivity index (χ4v) is 4.51. The van der Waals surface area contributed by atoms with Crippen molar-refractivity contribution in [3.05, 3.63) is 52.2 Å². The van der Waals surface area contributed by atoms with E-state index in [1.165, 1.54) is 11.3 Å². The predicted octanol–water partition coefficient (Wildman–Crippen LogP) is 3.94. The molecule has 0 saturated heterocycles. The fraction of sp³-hybridized carbons (Fsp3) is 0.333. The van der Waals surface area contributed by atoms with Crippen molar-refractivity contribution in [1.82, 2.24) is 10.2 Å². The van der Waals surface area contributed by atoms with Crippen LogP contribution in [0.5, 0.6) is 0 Å². The molecule has 0 radical (unpaired) electrons. The second-order valence-corrected chi connectivity index (χ2v) is 7.57. The quantitative estimate of drug-likeness (QED) is 0.500. The molecule has 2 aromatic carbocycles. The third kappa shape index (κ3) is 4.26. The van der Waals surface area contributed by atoms with Crippen LogP contribution in [0.2, 0.25) is 0 Å². The summed E-state index contributed by atoms with van der Waals surface area (Å²) < 4.78 is 1.72. The van der Waals surface area contributed by atoms with Gasteiger partial charge >= 0.3 is 6.09 Å². The highest BCUT2D eigenvalue weighted by Crippen LogP contribution is 2.32. The third-order valence-corrected chi connectivity index (χ3v) is 6.12. The van der Waals surface area contributed by atoms with E-state index in [2.05, 4.69) is 29.4 Å². The number of nitrogens with zero attached hydrogens (tertiary/aromatic N) is 1. The van der Waals surface area contributed by atoms with Gasteiger partial charge in [0.25, 0.3) is 0 Å². The van der Waals surface area contributed by atoms with Crippen LogP contribution in [-0.2, 0) is 6.54 Å². The molecule has 0 aliphatic heterocycles. The molecular weight excluding hydrogens is 374 g/mol. The van der Waals surface area contributed by atoms with Crippen LogP contribution in [-0.4, -0.2) is 42.3 Å². The number of benzene rings is 2. The van der Waals surface area contributed by atoms with E-state index in [0.717, 1.165) is 46.8 Å². The monoisotopic (exact) mass is 399 g/mol. The number of carboxylic acid groups (broad SMARTS) is 1. The predicted molar refractivity (Wildman–Crippen MR) is 117 cm³/mol. The average molecular weight is 400 g/mol. The first-order chi connectivity index (χ1) is 13.5. The number of carbonyl (C=O) groups is 1. The van der Waals surface area contributed by atoms with Gasteiger partial charge in [-0.05, 0) is 36.9 Å². The largest absolute Gasteiger partial charge is 0.465 e. The molecule has 1 aromatic heterocycles. The van der Waals surface area contributed by atoms with Crippen LogP contribution in [0, 0.1) is 0 Å². The zero-order chi connectivity index (χ0) is 20.1. The highest BCUT2D eigenvalue weighted by molar-refractivity contribution is 7.24. The zero-order valence-electron chi connectivity index (χ0n) is 16.1. The highest BCUT2D eigenvalue weighted by Gasteiger charge is 2.14. The van der Waals surface area contributed by atoms with Crippen LogP contribution in [0.4, 0.5) is 10.5 Å². The van der Waals surface area contributed by atoms with Crippen molar-refractivity contribution >= 4 is 43.3 Å². The first kappa shape index (κ1) is 20.1. The van der Waals surface area contributed by atoms with Crippen molar-refractivity contribution in [2.45, 2.75) is 20.4 Å². The number of hydrogen-bond acceptors (Lipinski definition) is 5. The lowest BCUT2D eigenvalue weighted by atomic mass is 10.1. The summed E-state index contributed by atoms with van der Waals surface area (Å²) in [6.45, 7) is 8.03. The van der Waals surface area contributed by atoms with Gasteiger partial charge in [0.15, 0.2) is 5.43 Å². The second kappa shape index (κ2) is 9.03. The van der Waals surface area contributed by atoms with Crippen LogP contribution in [0.3, 0.4) is 0 Å². The number of rotatable bonds is 8. The maximum Gasteiger partial charge on any atom is 0.404 e. The van der Waals surface area contributed by atoms with Crippen molar-refractivity contribution in [3.63, 3.8) is 0 Å². The van der Waals surface area contributed by atoms with Crippen molar-refractivity contribution in [3.8, 4) is 0 Å². The van der Waals surface area contributed by atoms with Gasteiger partial charge in [-0.15, -0.1) is 11.3 Å². The lowest BCUT2D eigenvalue weighted by molar-refractivity contribution is 0.194. The Morgan fingerprint density at radius 2 is 1.89 bits per heavy atom. The minimum absolute atomic E-state index is 0.0214. The molecule has 3 aromatic rings. The molecule has 0 fully saturated rings. The van der Waals surface area contributed by atoms with E-state index < -0.39 is 6.09 Å². The molecule has 1 amide bonds. The van der Waals surface area contributed by atoms with Crippen LogP contribution in [0.25, 0.3) is 20.2 Å². The first-order valence-corrected chi connectivity index (χ1v) is 10.3. The number of likely N-dealkylation sites (N-methyl/N-ethyl adjacent to an activating group) is 1. The van der Waals surface area contributed by atoms with E-state index in [4.69, 9.17) is 5.11 Å². The van der Waals surface area contributed by atoms with Gasteiger partial charge in [-0.25, -0.2) is 4.79 Å². The second-order valence-electron chi connectivity index (χ2n) is 6.52. The molecule has 0 unspecified atom stereocenters. The topological polar surface area (TPSA) is 81.7 Å². The summed E-state index contributed by atoms with van der Waals surface area (Å²) in [6.07, 6.45) is -1.08. The van der Waals surface area contributed by atoms with Crippen molar-refractivity contribution in [2.75, 3.05) is 31.5 Å². The number of anilines is 1. The molecule has 7 heteroatoms. The standard InChI is InChI=1S/C21H25N3O3S/c1-3-24(4-2)12-11-22-16-10-9-14(13-23-21(26)27)20-18(16)19(25)15-7-5-6-8-17(15)28-20/h5-10,22-23H,3-4,11-13H2,1-2H3,(H,26,27). The van der Waals surface area contributed by atoms with Crippen LogP contribution >= 0.6 is 11.3 Å². The summed E-state index contributed by atoms with van der Waals surface area (Å²) in [5.41, 5.74) is 1.58. The van der Waals surface area contributed by atoms with Gasteiger partial charge in [-0.3, -0.25) is 4.79 Å². The Labute approximate surface area is 167 Å². The Morgan fingerprint density at radius 1 is 1.14 bits per heavy atom. The fourth-order valence-electron chi connectivity index (χ4n) is 3.30. The lowest BCUT2D eigenvalue weighted by Gasteiger charge is -2.19. The van der Waals surface area contributed by atoms with Gasteiger partial charge in [0.05, 0.1) is 5.39 Å². The normalized spacial score (nSPS) is 11.2. The Morgan fingerprint density at radius 3 is 2.61 bits per heavy atom. The summed E-state index contributed by atoms with van der Waals surface area (Å²) in [7, 11) is 0.